The third-order valence-corrected chi connectivity index (χ3v) is 3.77. The fraction of sp³-hybridized carbons (Fsp3) is 0.500. The lowest BCUT2D eigenvalue weighted by Crippen LogP contribution is -2.17. The summed E-state index contributed by atoms with van der Waals surface area (Å²) in [6.45, 7) is 1.79. The van der Waals surface area contributed by atoms with E-state index < -0.39 is 0 Å². The maximum atomic E-state index is 5.17. The summed E-state index contributed by atoms with van der Waals surface area (Å²) in [4.78, 5) is 12.9. The molecule has 2 aromatic heterocycles. The molecule has 0 amide bonds. The van der Waals surface area contributed by atoms with Gasteiger partial charge in [0.1, 0.15) is 11.3 Å². The molecule has 0 saturated heterocycles. The van der Waals surface area contributed by atoms with Crippen molar-refractivity contribution in [2.45, 2.75) is 19.3 Å². The van der Waals surface area contributed by atoms with Gasteiger partial charge >= 0.3 is 0 Å². The molecule has 1 saturated carbocycles. The van der Waals surface area contributed by atoms with Crippen molar-refractivity contribution in [3.05, 3.63) is 24.5 Å². The predicted molar refractivity (Wildman–Crippen MR) is 74.0 cm³/mol. The van der Waals surface area contributed by atoms with Crippen molar-refractivity contribution in [3.63, 3.8) is 0 Å². The standard InChI is InChI=1S/C14H18N4O/c1-19-9-6-14(4-5-14)10-17-12-3-2-11-13(18-12)16-8-7-15-11/h2-3,7-8H,4-6,9-10H2,1H3,(H,16,17,18). The number of nitrogens with one attached hydrogen (secondary N) is 1. The van der Waals surface area contributed by atoms with Gasteiger partial charge in [-0.2, -0.15) is 0 Å². The molecule has 0 spiro atoms. The van der Waals surface area contributed by atoms with Crippen LogP contribution >= 0.6 is 0 Å². The zero-order valence-corrected chi connectivity index (χ0v) is 11.1. The molecule has 1 fully saturated rings. The molecule has 1 aliphatic carbocycles. The molecular weight excluding hydrogens is 240 g/mol. The topological polar surface area (TPSA) is 59.9 Å². The summed E-state index contributed by atoms with van der Waals surface area (Å²) in [6, 6.07) is 3.91. The molecule has 0 radical (unpaired) electrons. The Morgan fingerprint density at radius 2 is 2.11 bits per heavy atom. The number of hydrogen-bond acceptors (Lipinski definition) is 5. The summed E-state index contributed by atoms with van der Waals surface area (Å²) in [5, 5.41) is 3.41. The second-order valence-electron chi connectivity index (χ2n) is 5.19. The molecule has 0 aliphatic heterocycles. The summed E-state index contributed by atoms with van der Waals surface area (Å²) in [6.07, 6.45) is 7.01. The zero-order chi connectivity index (χ0) is 13.1. The highest BCUT2D eigenvalue weighted by atomic mass is 16.5. The van der Waals surface area contributed by atoms with E-state index in [4.69, 9.17) is 4.74 Å². The van der Waals surface area contributed by atoms with Gasteiger partial charge in [0.05, 0.1) is 0 Å². The SMILES string of the molecule is COCCC1(CNc2ccc3nccnc3n2)CC1. The van der Waals surface area contributed by atoms with Crippen LogP contribution in [0.4, 0.5) is 5.82 Å². The van der Waals surface area contributed by atoms with Crippen LogP contribution in [-0.4, -0.2) is 35.2 Å². The van der Waals surface area contributed by atoms with Gasteiger partial charge in [0.2, 0.25) is 0 Å². The molecule has 100 valence electrons. The molecule has 19 heavy (non-hydrogen) atoms. The molecule has 0 bridgehead atoms. The quantitative estimate of drug-likeness (QED) is 0.861. The fourth-order valence-electron chi connectivity index (χ4n) is 2.24. The summed E-state index contributed by atoms with van der Waals surface area (Å²) in [7, 11) is 1.76. The third-order valence-electron chi connectivity index (χ3n) is 3.77. The van der Waals surface area contributed by atoms with Crippen molar-refractivity contribution >= 4 is 17.0 Å². The maximum Gasteiger partial charge on any atom is 0.180 e. The number of nitrogens with zero attached hydrogens (tertiary/aromatic N) is 3. The van der Waals surface area contributed by atoms with Crippen LogP contribution in [0.5, 0.6) is 0 Å². The summed E-state index contributed by atoms with van der Waals surface area (Å²) in [5.74, 6) is 0.872. The minimum Gasteiger partial charge on any atom is -0.385 e. The maximum absolute atomic E-state index is 5.17. The van der Waals surface area contributed by atoms with E-state index in [1.165, 1.54) is 12.8 Å². The Bertz CT molecular complexity index is 568. The Kier molecular flexibility index (Phi) is 3.29. The first-order valence-corrected chi connectivity index (χ1v) is 6.62. The van der Waals surface area contributed by atoms with E-state index in [9.17, 15) is 0 Å². The fourth-order valence-corrected chi connectivity index (χ4v) is 2.24. The molecule has 0 atom stereocenters. The lowest BCUT2D eigenvalue weighted by Gasteiger charge is -2.15. The van der Waals surface area contributed by atoms with Crippen molar-refractivity contribution in [1.29, 1.82) is 0 Å². The van der Waals surface area contributed by atoms with E-state index in [-0.39, 0.29) is 0 Å². The smallest absolute Gasteiger partial charge is 0.180 e. The molecule has 3 rings (SSSR count). The molecule has 0 unspecified atom stereocenters. The van der Waals surface area contributed by atoms with Gasteiger partial charge in [0, 0.05) is 32.7 Å². The monoisotopic (exact) mass is 258 g/mol. The van der Waals surface area contributed by atoms with E-state index in [1.54, 1.807) is 19.5 Å². The summed E-state index contributed by atoms with van der Waals surface area (Å²) in [5.41, 5.74) is 1.93. The van der Waals surface area contributed by atoms with Gasteiger partial charge in [-0.25, -0.2) is 9.97 Å². The molecule has 0 aromatic carbocycles. The van der Waals surface area contributed by atoms with Crippen molar-refractivity contribution in [2.75, 3.05) is 25.6 Å². The molecular formula is C14H18N4O. The highest BCUT2D eigenvalue weighted by Gasteiger charge is 2.41. The number of fused-ring (bicyclic) bond motifs is 1. The minimum atomic E-state index is 0.412. The van der Waals surface area contributed by atoms with Crippen LogP contribution in [0.2, 0.25) is 0 Å². The Balaban J connectivity index is 1.65. The van der Waals surface area contributed by atoms with E-state index in [0.717, 1.165) is 30.9 Å². The number of hydrogen-bond donors (Lipinski definition) is 1. The second-order valence-corrected chi connectivity index (χ2v) is 5.19. The van der Waals surface area contributed by atoms with Crippen LogP contribution in [0.1, 0.15) is 19.3 Å². The van der Waals surface area contributed by atoms with Crippen molar-refractivity contribution in [1.82, 2.24) is 15.0 Å². The Labute approximate surface area is 112 Å². The van der Waals surface area contributed by atoms with Gasteiger partial charge in [-0.1, -0.05) is 0 Å². The number of pyridine rings is 1. The van der Waals surface area contributed by atoms with Crippen LogP contribution in [0, 0.1) is 5.41 Å². The van der Waals surface area contributed by atoms with Crippen molar-refractivity contribution < 1.29 is 4.74 Å². The largest absolute Gasteiger partial charge is 0.385 e. The highest BCUT2D eigenvalue weighted by Crippen LogP contribution is 2.48. The van der Waals surface area contributed by atoms with Crippen molar-refractivity contribution in [3.8, 4) is 0 Å². The number of ether oxygens (including phenoxy) is 1. The summed E-state index contributed by atoms with van der Waals surface area (Å²) >= 11 is 0. The Hall–Kier alpha value is -1.75. The number of anilines is 1. The normalized spacial score (nSPS) is 16.5. The Morgan fingerprint density at radius 3 is 2.89 bits per heavy atom. The van der Waals surface area contributed by atoms with E-state index in [1.807, 2.05) is 12.1 Å². The average Bonchev–Trinajstić information content (AvgIpc) is 3.23. The number of aromatic nitrogens is 3. The van der Waals surface area contributed by atoms with Crippen LogP contribution in [0.15, 0.2) is 24.5 Å². The lowest BCUT2D eigenvalue weighted by atomic mass is 10.0. The minimum absolute atomic E-state index is 0.412. The van der Waals surface area contributed by atoms with Crippen LogP contribution in [0.3, 0.4) is 0 Å². The molecule has 2 heterocycles. The molecule has 1 N–H and O–H groups in total. The van der Waals surface area contributed by atoms with Gasteiger partial charge in [-0.3, -0.25) is 4.98 Å². The number of methoxy groups -OCH3 is 1. The summed E-state index contributed by atoms with van der Waals surface area (Å²) < 4.78 is 5.17. The highest BCUT2D eigenvalue weighted by molar-refractivity contribution is 5.71. The first-order valence-electron chi connectivity index (χ1n) is 6.62. The van der Waals surface area contributed by atoms with E-state index >= 15 is 0 Å². The lowest BCUT2D eigenvalue weighted by molar-refractivity contribution is 0.175. The van der Waals surface area contributed by atoms with Gasteiger partial charge < -0.3 is 10.1 Å². The van der Waals surface area contributed by atoms with Gasteiger partial charge in [-0.15, -0.1) is 0 Å². The molecule has 2 aromatic rings. The van der Waals surface area contributed by atoms with Gasteiger partial charge in [0.15, 0.2) is 5.65 Å². The van der Waals surface area contributed by atoms with Crippen LogP contribution < -0.4 is 5.32 Å². The van der Waals surface area contributed by atoms with Crippen LogP contribution in [0.25, 0.3) is 11.2 Å². The first-order chi connectivity index (χ1) is 9.31. The average molecular weight is 258 g/mol. The molecule has 5 nitrogen and oxygen atoms in total. The zero-order valence-electron chi connectivity index (χ0n) is 11.1. The second kappa shape index (κ2) is 5.09. The van der Waals surface area contributed by atoms with Crippen LogP contribution in [-0.2, 0) is 4.74 Å². The molecule has 1 aliphatic rings. The number of rotatable bonds is 6. The first kappa shape index (κ1) is 12.3. The van der Waals surface area contributed by atoms with E-state index in [2.05, 4.69) is 20.3 Å². The van der Waals surface area contributed by atoms with Crippen molar-refractivity contribution in [2.24, 2.45) is 5.41 Å². The van der Waals surface area contributed by atoms with Gasteiger partial charge in [0.25, 0.3) is 0 Å². The van der Waals surface area contributed by atoms with Gasteiger partial charge in [-0.05, 0) is 36.8 Å². The third kappa shape index (κ3) is 2.81. The van der Waals surface area contributed by atoms with E-state index in [0.29, 0.717) is 11.1 Å². The Morgan fingerprint density at radius 1 is 1.26 bits per heavy atom. The predicted octanol–water partition coefficient (Wildman–Crippen LogP) is 2.25. The molecule has 5 heteroatoms.